The lowest BCUT2D eigenvalue weighted by Gasteiger charge is -2.21. The third-order valence-corrected chi connectivity index (χ3v) is 1.92. The minimum absolute atomic E-state index is 0.0359. The van der Waals surface area contributed by atoms with Crippen molar-refractivity contribution in [1.82, 2.24) is 0 Å². The number of allylic oxidation sites excluding steroid dienone is 1. The monoisotopic (exact) mass is 158 g/mol. The lowest BCUT2D eigenvalue weighted by atomic mass is 9.94. The van der Waals surface area contributed by atoms with Crippen LogP contribution < -0.4 is 0 Å². The summed E-state index contributed by atoms with van der Waals surface area (Å²) in [6.07, 6.45) is 3.36. The quantitative estimate of drug-likeness (QED) is 0.606. The van der Waals surface area contributed by atoms with Crippen molar-refractivity contribution in [2.45, 2.75) is 39.4 Å². The Morgan fingerprint density at radius 2 is 1.91 bits per heavy atom. The van der Waals surface area contributed by atoms with Crippen molar-refractivity contribution in [2.75, 3.05) is 0 Å². The molecule has 0 aromatic carbocycles. The highest BCUT2D eigenvalue weighted by Crippen LogP contribution is 2.14. The summed E-state index contributed by atoms with van der Waals surface area (Å²) >= 11 is 0. The number of rotatable bonds is 4. The van der Waals surface area contributed by atoms with Gasteiger partial charge in [-0.1, -0.05) is 19.1 Å². The number of hydrogen-bond donors (Lipinski definition) is 2. The summed E-state index contributed by atoms with van der Waals surface area (Å²) in [7, 11) is 0. The Morgan fingerprint density at radius 1 is 1.36 bits per heavy atom. The van der Waals surface area contributed by atoms with Gasteiger partial charge in [-0.15, -0.1) is 0 Å². The zero-order chi connectivity index (χ0) is 8.85. The molecule has 2 N–H and O–H groups in total. The van der Waals surface area contributed by atoms with E-state index >= 15 is 0 Å². The summed E-state index contributed by atoms with van der Waals surface area (Å²) in [5.74, 6) is -0.0359. The van der Waals surface area contributed by atoms with Gasteiger partial charge in [0, 0.05) is 5.92 Å². The lowest BCUT2D eigenvalue weighted by molar-refractivity contribution is 0.0441. The van der Waals surface area contributed by atoms with Crippen molar-refractivity contribution in [3.8, 4) is 0 Å². The molecule has 0 saturated heterocycles. The Hall–Kier alpha value is -0.340. The Labute approximate surface area is 68.6 Å². The standard InChI is InChI=1S/C9H18O2/c1-4-6-9(11)8(5-2)7(3)10/h4,6-11H,5H2,1-3H3. The van der Waals surface area contributed by atoms with Gasteiger partial charge >= 0.3 is 0 Å². The maximum atomic E-state index is 9.43. The van der Waals surface area contributed by atoms with Crippen LogP contribution in [0.2, 0.25) is 0 Å². The van der Waals surface area contributed by atoms with Gasteiger partial charge in [-0.25, -0.2) is 0 Å². The van der Waals surface area contributed by atoms with E-state index in [0.717, 1.165) is 6.42 Å². The lowest BCUT2D eigenvalue weighted by Crippen LogP contribution is -2.27. The van der Waals surface area contributed by atoms with Crippen LogP contribution in [0, 0.1) is 5.92 Å². The summed E-state index contributed by atoms with van der Waals surface area (Å²) in [6.45, 7) is 5.53. The highest BCUT2D eigenvalue weighted by molar-refractivity contribution is 4.90. The van der Waals surface area contributed by atoms with Crippen molar-refractivity contribution in [3.05, 3.63) is 12.2 Å². The van der Waals surface area contributed by atoms with Crippen LogP contribution in [0.1, 0.15) is 27.2 Å². The van der Waals surface area contributed by atoms with E-state index in [-0.39, 0.29) is 5.92 Å². The van der Waals surface area contributed by atoms with Crippen LogP contribution in [0.4, 0.5) is 0 Å². The highest BCUT2D eigenvalue weighted by Gasteiger charge is 2.19. The molecule has 0 amide bonds. The molecule has 66 valence electrons. The van der Waals surface area contributed by atoms with E-state index in [4.69, 9.17) is 0 Å². The first-order valence-corrected chi connectivity index (χ1v) is 4.12. The molecule has 11 heavy (non-hydrogen) atoms. The number of aliphatic hydroxyl groups is 2. The highest BCUT2D eigenvalue weighted by atomic mass is 16.3. The van der Waals surface area contributed by atoms with Crippen LogP contribution in [-0.4, -0.2) is 22.4 Å². The molecule has 0 aliphatic heterocycles. The minimum atomic E-state index is -0.509. The molecular formula is C9H18O2. The van der Waals surface area contributed by atoms with Gasteiger partial charge in [-0.05, 0) is 20.3 Å². The zero-order valence-electron chi connectivity index (χ0n) is 7.49. The topological polar surface area (TPSA) is 40.5 Å². The zero-order valence-corrected chi connectivity index (χ0v) is 7.49. The first-order chi connectivity index (χ1) is 5.13. The van der Waals surface area contributed by atoms with Gasteiger partial charge in [-0.3, -0.25) is 0 Å². The van der Waals surface area contributed by atoms with Gasteiger partial charge in [0.2, 0.25) is 0 Å². The van der Waals surface area contributed by atoms with Gasteiger partial charge in [0.1, 0.15) is 0 Å². The van der Waals surface area contributed by atoms with E-state index in [1.807, 2.05) is 13.8 Å². The first-order valence-electron chi connectivity index (χ1n) is 4.12. The van der Waals surface area contributed by atoms with E-state index < -0.39 is 12.2 Å². The molecule has 0 saturated carbocycles. The third-order valence-electron chi connectivity index (χ3n) is 1.92. The van der Waals surface area contributed by atoms with E-state index in [1.165, 1.54) is 0 Å². The summed E-state index contributed by atoms with van der Waals surface area (Å²) in [5.41, 5.74) is 0. The molecule has 0 heterocycles. The van der Waals surface area contributed by atoms with E-state index in [0.29, 0.717) is 0 Å². The van der Waals surface area contributed by atoms with Crippen LogP contribution in [0.25, 0.3) is 0 Å². The van der Waals surface area contributed by atoms with Crippen molar-refractivity contribution in [3.63, 3.8) is 0 Å². The van der Waals surface area contributed by atoms with Gasteiger partial charge in [-0.2, -0.15) is 0 Å². The molecule has 0 radical (unpaired) electrons. The first kappa shape index (κ1) is 10.7. The van der Waals surface area contributed by atoms with Crippen molar-refractivity contribution >= 4 is 0 Å². The average molecular weight is 158 g/mol. The van der Waals surface area contributed by atoms with E-state index in [9.17, 15) is 10.2 Å². The third kappa shape index (κ3) is 3.54. The summed E-state index contributed by atoms with van der Waals surface area (Å²) in [5, 5.41) is 18.6. The van der Waals surface area contributed by atoms with Gasteiger partial charge in [0.25, 0.3) is 0 Å². The normalized spacial score (nSPS) is 20.1. The predicted molar refractivity (Wildman–Crippen MR) is 46.3 cm³/mol. The Balaban J connectivity index is 4.02. The fourth-order valence-corrected chi connectivity index (χ4v) is 1.21. The molecule has 0 aliphatic carbocycles. The summed E-state index contributed by atoms with van der Waals surface area (Å²) < 4.78 is 0. The van der Waals surface area contributed by atoms with Crippen LogP contribution in [0.3, 0.4) is 0 Å². The van der Waals surface area contributed by atoms with Crippen LogP contribution in [0.5, 0.6) is 0 Å². The van der Waals surface area contributed by atoms with Crippen molar-refractivity contribution in [2.24, 2.45) is 5.92 Å². The number of aliphatic hydroxyl groups excluding tert-OH is 2. The van der Waals surface area contributed by atoms with Gasteiger partial charge in [0.05, 0.1) is 12.2 Å². The molecule has 0 aromatic heterocycles. The maximum absolute atomic E-state index is 9.43. The fraction of sp³-hybridized carbons (Fsp3) is 0.778. The second kappa shape index (κ2) is 5.33. The van der Waals surface area contributed by atoms with Gasteiger partial charge in [0.15, 0.2) is 0 Å². The molecule has 0 bridgehead atoms. The molecule has 0 aliphatic rings. The van der Waals surface area contributed by atoms with Crippen LogP contribution >= 0.6 is 0 Å². The summed E-state index contributed by atoms with van der Waals surface area (Å²) in [4.78, 5) is 0. The summed E-state index contributed by atoms with van der Waals surface area (Å²) in [6, 6.07) is 0. The van der Waals surface area contributed by atoms with Crippen molar-refractivity contribution in [1.29, 1.82) is 0 Å². The molecule has 2 nitrogen and oxygen atoms in total. The maximum Gasteiger partial charge on any atom is 0.0773 e. The van der Waals surface area contributed by atoms with Crippen LogP contribution in [-0.2, 0) is 0 Å². The second-order valence-corrected chi connectivity index (χ2v) is 2.83. The Kier molecular flexibility index (Phi) is 5.16. The molecule has 3 atom stereocenters. The average Bonchev–Trinajstić information content (AvgIpc) is 1.88. The SMILES string of the molecule is CC=CC(O)C(CC)C(C)O. The molecule has 0 spiro atoms. The molecule has 0 rings (SSSR count). The minimum Gasteiger partial charge on any atom is -0.393 e. The molecule has 3 unspecified atom stereocenters. The Bertz CT molecular complexity index is 119. The fourth-order valence-electron chi connectivity index (χ4n) is 1.21. The Morgan fingerprint density at radius 3 is 2.18 bits per heavy atom. The smallest absolute Gasteiger partial charge is 0.0773 e. The van der Waals surface area contributed by atoms with Crippen LogP contribution in [0.15, 0.2) is 12.2 Å². The van der Waals surface area contributed by atoms with Crippen molar-refractivity contribution < 1.29 is 10.2 Å². The molecule has 0 fully saturated rings. The largest absolute Gasteiger partial charge is 0.393 e. The molecule has 0 aromatic rings. The second-order valence-electron chi connectivity index (χ2n) is 2.83. The number of hydrogen-bond acceptors (Lipinski definition) is 2. The van der Waals surface area contributed by atoms with Gasteiger partial charge < -0.3 is 10.2 Å². The molecular weight excluding hydrogens is 140 g/mol. The van der Waals surface area contributed by atoms with E-state index in [1.54, 1.807) is 19.1 Å². The molecule has 2 heteroatoms. The predicted octanol–water partition coefficient (Wildman–Crippen LogP) is 1.33. The van der Waals surface area contributed by atoms with E-state index in [2.05, 4.69) is 0 Å².